The van der Waals surface area contributed by atoms with E-state index in [1.807, 2.05) is 44.2 Å². The van der Waals surface area contributed by atoms with Crippen LogP contribution in [-0.4, -0.2) is 23.5 Å². The second-order valence-corrected chi connectivity index (χ2v) is 6.91. The number of benzene rings is 2. The Morgan fingerprint density at radius 1 is 1.14 bits per heavy atom. The zero-order valence-corrected chi connectivity index (χ0v) is 16.5. The topological polar surface area (TPSA) is 68.3 Å². The normalized spacial score (nSPS) is 11.8. The molecule has 2 aromatic carbocycles. The summed E-state index contributed by atoms with van der Waals surface area (Å²) in [6, 6.07) is 16.4. The maximum Gasteiger partial charge on any atom is 0.339 e. The standard InChI is InChI=1S/C22H21ClN2O3/c1-3-18(15-10-8-14(2)9-11-15)25-21(26)13-28-22(27)17-12-20(23)24-19-7-5-4-6-16(17)19/h4-12,18H,3,13H2,1-2H3,(H,25,26)/t18-/m0/s1. The summed E-state index contributed by atoms with van der Waals surface area (Å²) in [5.41, 5.74) is 3.05. The molecule has 0 unspecified atom stereocenters. The zero-order valence-electron chi connectivity index (χ0n) is 15.7. The molecule has 0 radical (unpaired) electrons. The predicted octanol–water partition coefficient (Wildman–Crippen LogP) is 4.62. The van der Waals surface area contributed by atoms with Crippen molar-refractivity contribution in [2.45, 2.75) is 26.3 Å². The second-order valence-electron chi connectivity index (χ2n) is 6.52. The first kappa shape index (κ1) is 19.8. The van der Waals surface area contributed by atoms with Crippen LogP contribution >= 0.6 is 11.6 Å². The first-order valence-corrected chi connectivity index (χ1v) is 9.44. The number of hydrogen-bond acceptors (Lipinski definition) is 4. The summed E-state index contributed by atoms with van der Waals surface area (Å²) in [4.78, 5) is 29.0. The summed E-state index contributed by atoms with van der Waals surface area (Å²) in [6.07, 6.45) is 0.730. The summed E-state index contributed by atoms with van der Waals surface area (Å²) in [6.45, 7) is 3.63. The minimum absolute atomic E-state index is 0.136. The highest BCUT2D eigenvalue weighted by atomic mass is 35.5. The highest BCUT2D eigenvalue weighted by Crippen LogP contribution is 2.22. The molecule has 0 fully saturated rings. The van der Waals surface area contributed by atoms with E-state index in [2.05, 4.69) is 10.3 Å². The molecule has 1 amide bonds. The predicted molar refractivity (Wildman–Crippen MR) is 109 cm³/mol. The van der Waals surface area contributed by atoms with Gasteiger partial charge in [0.05, 0.1) is 17.1 Å². The maximum absolute atomic E-state index is 12.5. The van der Waals surface area contributed by atoms with Crippen molar-refractivity contribution >= 4 is 34.4 Å². The van der Waals surface area contributed by atoms with Crippen LogP contribution in [0.2, 0.25) is 5.15 Å². The number of nitrogens with one attached hydrogen (secondary N) is 1. The smallest absolute Gasteiger partial charge is 0.339 e. The average Bonchev–Trinajstić information content (AvgIpc) is 2.70. The molecular formula is C22H21ClN2O3. The lowest BCUT2D eigenvalue weighted by atomic mass is 10.0. The monoisotopic (exact) mass is 396 g/mol. The minimum Gasteiger partial charge on any atom is -0.452 e. The highest BCUT2D eigenvalue weighted by Gasteiger charge is 2.17. The number of esters is 1. The van der Waals surface area contributed by atoms with Crippen molar-refractivity contribution in [2.75, 3.05) is 6.61 Å². The SMILES string of the molecule is CC[C@H](NC(=O)COC(=O)c1cc(Cl)nc2ccccc12)c1ccc(C)cc1. The van der Waals surface area contributed by atoms with Crippen LogP contribution in [0.5, 0.6) is 0 Å². The van der Waals surface area contributed by atoms with Gasteiger partial charge in [0.25, 0.3) is 5.91 Å². The van der Waals surface area contributed by atoms with Crippen molar-refractivity contribution in [1.29, 1.82) is 0 Å². The lowest BCUT2D eigenvalue weighted by Crippen LogP contribution is -2.32. The van der Waals surface area contributed by atoms with Crippen LogP contribution in [-0.2, 0) is 9.53 Å². The van der Waals surface area contributed by atoms with Crippen LogP contribution in [0.4, 0.5) is 0 Å². The molecule has 3 aromatic rings. The summed E-state index contributed by atoms with van der Waals surface area (Å²) >= 11 is 6.00. The third-order valence-electron chi connectivity index (χ3n) is 4.46. The number of para-hydroxylation sites is 1. The minimum atomic E-state index is -0.612. The van der Waals surface area contributed by atoms with Crippen LogP contribution in [0, 0.1) is 6.92 Å². The number of aryl methyl sites for hydroxylation is 1. The van der Waals surface area contributed by atoms with Crippen molar-refractivity contribution in [3.8, 4) is 0 Å². The fraction of sp³-hybridized carbons (Fsp3) is 0.227. The average molecular weight is 397 g/mol. The van der Waals surface area contributed by atoms with E-state index in [1.165, 1.54) is 6.07 Å². The third kappa shape index (κ3) is 4.67. The number of carbonyl (C=O) groups excluding carboxylic acids is 2. The molecule has 0 aliphatic rings. The third-order valence-corrected chi connectivity index (χ3v) is 4.66. The molecule has 0 bridgehead atoms. The Morgan fingerprint density at radius 2 is 1.86 bits per heavy atom. The van der Waals surface area contributed by atoms with Gasteiger partial charge in [0.1, 0.15) is 5.15 Å². The number of nitrogens with zero attached hydrogens (tertiary/aromatic N) is 1. The molecule has 0 saturated heterocycles. The maximum atomic E-state index is 12.5. The quantitative estimate of drug-likeness (QED) is 0.487. The highest BCUT2D eigenvalue weighted by molar-refractivity contribution is 6.30. The Labute approximate surface area is 168 Å². The summed E-state index contributed by atoms with van der Waals surface area (Å²) in [5, 5.41) is 3.73. The number of halogens is 1. The molecule has 0 aliphatic heterocycles. The van der Waals surface area contributed by atoms with Gasteiger partial charge in [-0.15, -0.1) is 0 Å². The van der Waals surface area contributed by atoms with Crippen LogP contribution in [0.3, 0.4) is 0 Å². The molecular weight excluding hydrogens is 376 g/mol. The molecule has 144 valence electrons. The van der Waals surface area contributed by atoms with E-state index in [9.17, 15) is 9.59 Å². The van der Waals surface area contributed by atoms with Crippen molar-refractivity contribution < 1.29 is 14.3 Å². The lowest BCUT2D eigenvalue weighted by molar-refractivity contribution is -0.125. The largest absolute Gasteiger partial charge is 0.452 e. The first-order chi connectivity index (χ1) is 13.5. The van der Waals surface area contributed by atoms with Gasteiger partial charge in [-0.1, -0.05) is 66.6 Å². The first-order valence-electron chi connectivity index (χ1n) is 9.06. The molecule has 1 atom stereocenters. The van der Waals surface area contributed by atoms with Crippen LogP contribution in [0.25, 0.3) is 10.9 Å². The van der Waals surface area contributed by atoms with E-state index in [0.717, 1.165) is 17.5 Å². The number of pyridine rings is 1. The summed E-state index contributed by atoms with van der Waals surface area (Å²) < 4.78 is 5.22. The molecule has 0 saturated carbocycles. The molecule has 1 N–H and O–H groups in total. The van der Waals surface area contributed by atoms with Crippen LogP contribution in [0.15, 0.2) is 54.6 Å². The molecule has 28 heavy (non-hydrogen) atoms. The van der Waals surface area contributed by atoms with Gasteiger partial charge >= 0.3 is 5.97 Å². The molecule has 6 heteroatoms. The van der Waals surface area contributed by atoms with E-state index in [4.69, 9.17) is 16.3 Å². The van der Waals surface area contributed by atoms with Gasteiger partial charge in [0.15, 0.2) is 6.61 Å². The Balaban J connectivity index is 1.66. The summed E-state index contributed by atoms with van der Waals surface area (Å²) in [5.74, 6) is -0.968. The number of ether oxygens (including phenoxy) is 1. The van der Waals surface area contributed by atoms with Gasteiger partial charge < -0.3 is 10.1 Å². The van der Waals surface area contributed by atoms with Gasteiger partial charge in [0.2, 0.25) is 0 Å². The molecule has 1 heterocycles. The van der Waals surface area contributed by atoms with Crippen molar-refractivity contribution in [1.82, 2.24) is 10.3 Å². The summed E-state index contributed by atoms with van der Waals surface area (Å²) in [7, 11) is 0. The molecule has 5 nitrogen and oxygen atoms in total. The van der Waals surface area contributed by atoms with Crippen molar-refractivity contribution in [2.24, 2.45) is 0 Å². The molecule has 0 aliphatic carbocycles. The number of amides is 1. The number of aromatic nitrogens is 1. The van der Waals surface area contributed by atoms with Gasteiger partial charge in [-0.05, 0) is 31.0 Å². The van der Waals surface area contributed by atoms with Gasteiger partial charge in [0, 0.05) is 5.39 Å². The molecule has 1 aromatic heterocycles. The van der Waals surface area contributed by atoms with E-state index < -0.39 is 5.97 Å². The second kappa shape index (κ2) is 8.85. The van der Waals surface area contributed by atoms with Gasteiger partial charge in [-0.3, -0.25) is 4.79 Å². The Hall–Kier alpha value is -2.92. The van der Waals surface area contributed by atoms with Crippen LogP contribution in [0.1, 0.15) is 40.9 Å². The molecule has 0 spiro atoms. The lowest BCUT2D eigenvalue weighted by Gasteiger charge is -2.17. The number of rotatable bonds is 6. The fourth-order valence-corrected chi connectivity index (χ4v) is 3.18. The van der Waals surface area contributed by atoms with E-state index >= 15 is 0 Å². The number of fused-ring (bicyclic) bond motifs is 1. The zero-order chi connectivity index (χ0) is 20.1. The van der Waals surface area contributed by atoms with Crippen molar-refractivity contribution in [3.63, 3.8) is 0 Å². The van der Waals surface area contributed by atoms with E-state index in [1.54, 1.807) is 18.2 Å². The van der Waals surface area contributed by atoms with E-state index in [-0.39, 0.29) is 29.3 Å². The Kier molecular flexibility index (Phi) is 6.26. The molecule has 3 rings (SSSR count). The Bertz CT molecular complexity index is 1000. The van der Waals surface area contributed by atoms with Gasteiger partial charge in [-0.2, -0.15) is 0 Å². The number of carbonyl (C=O) groups is 2. The number of hydrogen-bond donors (Lipinski definition) is 1. The Morgan fingerprint density at radius 3 is 2.57 bits per heavy atom. The van der Waals surface area contributed by atoms with Crippen LogP contribution < -0.4 is 5.32 Å². The van der Waals surface area contributed by atoms with Crippen molar-refractivity contribution in [3.05, 3.63) is 76.4 Å². The fourth-order valence-electron chi connectivity index (χ4n) is 2.98. The van der Waals surface area contributed by atoms with Gasteiger partial charge in [-0.25, -0.2) is 9.78 Å². The van der Waals surface area contributed by atoms with E-state index in [0.29, 0.717) is 10.9 Å².